The third-order valence-electron chi connectivity index (χ3n) is 5.07. The lowest BCUT2D eigenvalue weighted by Crippen LogP contribution is -2.36. The Bertz CT molecular complexity index is 766. The molecule has 4 rings (SSSR count). The lowest BCUT2D eigenvalue weighted by atomic mass is 9.99. The minimum Gasteiger partial charge on any atom is -0.338 e. The van der Waals surface area contributed by atoms with Gasteiger partial charge in [0, 0.05) is 19.0 Å². The molecule has 1 aliphatic carbocycles. The van der Waals surface area contributed by atoms with E-state index in [0.717, 1.165) is 24.9 Å². The van der Waals surface area contributed by atoms with E-state index in [4.69, 9.17) is 0 Å². The van der Waals surface area contributed by atoms with E-state index in [0.29, 0.717) is 6.54 Å². The zero-order valence-electron chi connectivity index (χ0n) is 13.5. The maximum absolute atomic E-state index is 13.0. The number of hydrogen-bond donors (Lipinski definition) is 0. The third-order valence-corrected chi connectivity index (χ3v) is 5.07. The average molecular weight is 321 g/mol. The highest BCUT2D eigenvalue weighted by atomic mass is 19.1. The molecule has 0 bridgehead atoms. The number of nitrogens with zero attached hydrogens (tertiary/aromatic N) is 1. The predicted molar refractivity (Wildman–Crippen MR) is 92.9 cm³/mol. The second-order valence-corrected chi connectivity index (χ2v) is 6.63. The van der Waals surface area contributed by atoms with Crippen molar-refractivity contribution in [2.24, 2.45) is 5.92 Å². The van der Waals surface area contributed by atoms with Crippen molar-refractivity contribution in [3.63, 3.8) is 0 Å². The van der Waals surface area contributed by atoms with Crippen LogP contribution < -0.4 is 0 Å². The summed E-state index contributed by atoms with van der Waals surface area (Å²) in [6, 6.07) is 16.9. The summed E-state index contributed by atoms with van der Waals surface area (Å²) in [4.78, 5) is 14.6. The van der Waals surface area contributed by atoms with Crippen LogP contribution in [0.3, 0.4) is 0 Å². The number of halogens is 1. The van der Waals surface area contributed by atoms with Crippen molar-refractivity contribution in [2.75, 3.05) is 13.1 Å². The van der Waals surface area contributed by atoms with Gasteiger partial charge in [-0.15, -0.1) is 0 Å². The molecule has 1 fully saturated rings. The van der Waals surface area contributed by atoms with Crippen molar-refractivity contribution in [1.29, 1.82) is 0 Å². The van der Waals surface area contributed by atoms with Crippen molar-refractivity contribution >= 4 is 11.5 Å². The molecule has 0 radical (unpaired) electrons. The van der Waals surface area contributed by atoms with Crippen LogP contribution in [0.4, 0.5) is 4.39 Å². The third kappa shape index (κ3) is 2.99. The van der Waals surface area contributed by atoms with E-state index in [2.05, 4.69) is 18.2 Å². The molecular formula is C21H20FNO. The molecule has 2 aromatic carbocycles. The molecule has 2 atom stereocenters. The van der Waals surface area contributed by atoms with Gasteiger partial charge in [0.1, 0.15) is 5.82 Å². The maximum Gasteiger partial charge on any atom is 0.226 e. The Morgan fingerprint density at radius 1 is 1.04 bits per heavy atom. The Kier molecular flexibility index (Phi) is 3.93. The normalized spacial score (nSPS) is 22.9. The van der Waals surface area contributed by atoms with Gasteiger partial charge in [0.2, 0.25) is 5.91 Å². The number of carbonyl (C=O) groups is 1. The molecule has 0 spiro atoms. The first-order valence-corrected chi connectivity index (χ1v) is 8.51. The fourth-order valence-electron chi connectivity index (χ4n) is 3.56. The van der Waals surface area contributed by atoms with Gasteiger partial charge in [-0.2, -0.15) is 0 Å². The molecule has 2 aliphatic rings. The molecule has 2 unspecified atom stereocenters. The lowest BCUT2D eigenvalue weighted by Gasteiger charge is -2.27. The highest BCUT2D eigenvalue weighted by molar-refractivity contribution is 5.84. The van der Waals surface area contributed by atoms with E-state index in [-0.39, 0.29) is 23.6 Å². The first kappa shape index (κ1) is 15.1. The molecule has 2 aromatic rings. The Morgan fingerprint density at radius 2 is 1.79 bits per heavy atom. The molecule has 2 nitrogen and oxygen atoms in total. The summed E-state index contributed by atoms with van der Waals surface area (Å²) in [5, 5.41) is 0. The largest absolute Gasteiger partial charge is 0.338 e. The summed E-state index contributed by atoms with van der Waals surface area (Å²) in [5.74, 6) is 0.351. The monoisotopic (exact) mass is 321 g/mol. The zero-order chi connectivity index (χ0) is 16.5. The van der Waals surface area contributed by atoms with Gasteiger partial charge in [0.05, 0.1) is 0 Å². The molecule has 1 heterocycles. The first-order chi connectivity index (χ1) is 11.7. The van der Waals surface area contributed by atoms with Crippen LogP contribution in [0.2, 0.25) is 0 Å². The van der Waals surface area contributed by atoms with Gasteiger partial charge in [-0.1, -0.05) is 48.5 Å². The molecular weight excluding hydrogens is 301 g/mol. The molecule has 0 N–H and O–H groups in total. The molecule has 1 aliphatic heterocycles. The summed E-state index contributed by atoms with van der Waals surface area (Å²) in [7, 11) is 0. The number of hydrogen-bond acceptors (Lipinski definition) is 1. The summed E-state index contributed by atoms with van der Waals surface area (Å²) in [5.41, 5.74) is 3.65. The van der Waals surface area contributed by atoms with Crippen LogP contribution in [0.25, 0.3) is 5.57 Å². The number of amides is 1. The van der Waals surface area contributed by atoms with Crippen LogP contribution in [0.1, 0.15) is 29.9 Å². The second-order valence-electron chi connectivity index (χ2n) is 6.63. The van der Waals surface area contributed by atoms with Gasteiger partial charge in [-0.05, 0) is 47.6 Å². The van der Waals surface area contributed by atoms with E-state index >= 15 is 0 Å². The standard InChI is InChI=1S/C21H20FNO/c22-18-8-6-17(7-9-18)19-14-20(19)21(24)23-12-10-16(11-13-23)15-4-2-1-3-5-15/h1-10,19-20H,11-14H2. The molecule has 1 amide bonds. The molecule has 1 saturated carbocycles. The SMILES string of the molecule is O=C(C1CC1c1ccc(F)cc1)N1CC=C(c2ccccc2)CC1. The van der Waals surface area contributed by atoms with E-state index in [1.807, 2.05) is 23.1 Å². The van der Waals surface area contributed by atoms with Gasteiger partial charge >= 0.3 is 0 Å². The Hall–Kier alpha value is -2.42. The molecule has 0 aromatic heterocycles. The van der Waals surface area contributed by atoms with Gasteiger partial charge in [-0.25, -0.2) is 4.39 Å². The quantitative estimate of drug-likeness (QED) is 0.828. The van der Waals surface area contributed by atoms with Crippen molar-refractivity contribution < 1.29 is 9.18 Å². The average Bonchev–Trinajstić information content (AvgIpc) is 3.43. The fraction of sp³-hybridized carbons (Fsp3) is 0.286. The Labute approximate surface area is 141 Å². The van der Waals surface area contributed by atoms with Crippen LogP contribution >= 0.6 is 0 Å². The minimum absolute atomic E-state index is 0.0714. The summed E-state index contributed by atoms with van der Waals surface area (Å²) in [6.07, 6.45) is 3.96. The number of benzene rings is 2. The van der Waals surface area contributed by atoms with Gasteiger partial charge in [0.25, 0.3) is 0 Å². The topological polar surface area (TPSA) is 20.3 Å². The van der Waals surface area contributed by atoms with E-state index in [9.17, 15) is 9.18 Å². The van der Waals surface area contributed by atoms with Crippen LogP contribution in [-0.4, -0.2) is 23.9 Å². The van der Waals surface area contributed by atoms with Gasteiger partial charge < -0.3 is 4.90 Å². The van der Waals surface area contributed by atoms with Crippen molar-refractivity contribution in [3.05, 3.63) is 77.6 Å². The summed E-state index contributed by atoms with van der Waals surface area (Å²) >= 11 is 0. The molecule has 3 heteroatoms. The second kappa shape index (κ2) is 6.23. The minimum atomic E-state index is -0.225. The van der Waals surface area contributed by atoms with Gasteiger partial charge in [0.15, 0.2) is 0 Å². The number of carbonyl (C=O) groups excluding carboxylic acids is 1. The van der Waals surface area contributed by atoms with Crippen molar-refractivity contribution in [3.8, 4) is 0 Å². The van der Waals surface area contributed by atoms with E-state index in [1.54, 1.807) is 12.1 Å². The lowest BCUT2D eigenvalue weighted by molar-refractivity contribution is -0.132. The summed E-state index contributed by atoms with van der Waals surface area (Å²) in [6.45, 7) is 1.47. The highest BCUT2D eigenvalue weighted by Crippen LogP contribution is 2.48. The van der Waals surface area contributed by atoms with Crippen LogP contribution in [0, 0.1) is 11.7 Å². The van der Waals surface area contributed by atoms with Crippen molar-refractivity contribution in [2.45, 2.75) is 18.8 Å². The zero-order valence-corrected chi connectivity index (χ0v) is 13.5. The van der Waals surface area contributed by atoms with Crippen LogP contribution in [0.5, 0.6) is 0 Å². The van der Waals surface area contributed by atoms with Crippen LogP contribution in [-0.2, 0) is 4.79 Å². The number of rotatable bonds is 3. The van der Waals surface area contributed by atoms with Gasteiger partial charge in [-0.3, -0.25) is 4.79 Å². The van der Waals surface area contributed by atoms with E-state index < -0.39 is 0 Å². The molecule has 24 heavy (non-hydrogen) atoms. The van der Waals surface area contributed by atoms with Crippen molar-refractivity contribution in [1.82, 2.24) is 4.90 Å². The maximum atomic E-state index is 13.0. The molecule has 0 saturated heterocycles. The molecule has 122 valence electrons. The Morgan fingerprint density at radius 3 is 2.46 bits per heavy atom. The predicted octanol–water partition coefficient (Wildman–Crippen LogP) is 4.25. The summed E-state index contributed by atoms with van der Waals surface area (Å²) < 4.78 is 13.0. The highest BCUT2D eigenvalue weighted by Gasteiger charge is 2.45. The van der Waals surface area contributed by atoms with Crippen LogP contribution in [0.15, 0.2) is 60.7 Å². The van der Waals surface area contributed by atoms with E-state index in [1.165, 1.54) is 23.3 Å². The fourth-order valence-corrected chi connectivity index (χ4v) is 3.56. The first-order valence-electron chi connectivity index (χ1n) is 8.51. The smallest absolute Gasteiger partial charge is 0.226 e. The Balaban J connectivity index is 1.39.